The maximum Gasteiger partial charge on any atom is 0.243 e. The quantitative estimate of drug-likeness (QED) is 0.348. The summed E-state index contributed by atoms with van der Waals surface area (Å²) >= 11 is 0. The van der Waals surface area contributed by atoms with Crippen LogP contribution in [0.1, 0.15) is 5.56 Å². The molecule has 0 spiro atoms. The first kappa shape index (κ1) is 25.8. The third-order valence-electron chi connectivity index (χ3n) is 5.32. The maximum atomic E-state index is 13.5. The second-order valence-corrected chi connectivity index (χ2v) is 9.61. The molecule has 0 unspecified atom stereocenters. The molecule has 1 aliphatic heterocycles. The van der Waals surface area contributed by atoms with Crippen LogP contribution >= 0.6 is 12.4 Å². The molecule has 182 valence electrons. The number of aromatic nitrogens is 2. The Hall–Kier alpha value is -2.83. The first-order valence-corrected chi connectivity index (χ1v) is 12.0. The summed E-state index contributed by atoms with van der Waals surface area (Å²) in [4.78, 5) is 8.82. The minimum absolute atomic E-state index is 0. The lowest BCUT2D eigenvalue weighted by atomic mass is 10.2. The minimum Gasteiger partial charge on any atom is -0.340 e. The van der Waals surface area contributed by atoms with Gasteiger partial charge in [-0.25, -0.2) is 17.8 Å². The van der Waals surface area contributed by atoms with Crippen molar-refractivity contribution >= 4 is 45.6 Å². The Morgan fingerprint density at radius 2 is 1.82 bits per heavy atom. The highest BCUT2D eigenvalue weighted by Crippen LogP contribution is 2.23. The SMILES string of the molecule is Cc1cc(Nc2ccnc(Nc3ccc(S(=O)(=O)N(CCN)C4CNC4)cc3)n2)ccc1F.Cl. The van der Waals surface area contributed by atoms with Crippen molar-refractivity contribution in [2.75, 3.05) is 36.8 Å². The van der Waals surface area contributed by atoms with Gasteiger partial charge in [0, 0.05) is 43.8 Å². The summed E-state index contributed by atoms with van der Waals surface area (Å²) in [6.45, 7) is 3.47. The number of hydrogen-bond donors (Lipinski definition) is 4. The van der Waals surface area contributed by atoms with Crippen LogP contribution in [0.15, 0.2) is 59.6 Å². The van der Waals surface area contributed by atoms with Gasteiger partial charge in [-0.15, -0.1) is 12.4 Å². The van der Waals surface area contributed by atoms with Gasteiger partial charge in [0.1, 0.15) is 11.6 Å². The Balaban J connectivity index is 0.00000324. The van der Waals surface area contributed by atoms with Gasteiger partial charge in [-0.3, -0.25) is 0 Å². The van der Waals surface area contributed by atoms with Gasteiger partial charge >= 0.3 is 0 Å². The number of halogens is 2. The van der Waals surface area contributed by atoms with Gasteiger partial charge in [-0.1, -0.05) is 0 Å². The van der Waals surface area contributed by atoms with E-state index in [-0.39, 0.29) is 42.3 Å². The second-order valence-electron chi connectivity index (χ2n) is 7.72. The molecule has 9 nitrogen and oxygen atoms in total. The van der Waals surface area contributed by atoms with Crippen molar-refractivity contribution in [2.45, 2.75) is 17.9 Å². The van der Waals surface area contributed by atoms with Gasteiger partial charge in [0.2, 0.25) is 16.0 Å². The number of benzene rings is 2. The van der Waals surface area contributed by atoms with Gasteiger partial charge in [0.25, 0.3) is 0 Å². The number of anilines is 4. The van der Waals surface area contributed by atoms with Gasteiger partial charge in [-0.2, -0.15) is 9.29 Å². The average Bonchev–Trinajstić information content (AvgIpc) is 2.75. The van der Waals surface area contributed by atoms with E-state index in [4.69, 9.17) is 5.73 Å². The van der Waals surface area contributed by atoms with Crippen molar-refractivity contribution in [3.8, 4) is 0 Å². The molecule has 2 heterocycles. The molecule has 5 N–H and O–H groups in total. The van der Waals surface area contributed by atoms with E-state index < -0.39 is 10.0 Å². The van der Waals surface area contributed by atoms with Crippen LogP contribution in [0.5, 0.6) is 0 Å². The number of nitrogens with zero attached hydrogens (tertiary/aromatic N) is 3. The molecule has 3 aromatic rings. The Morgan fingerprint density at radius 3 is 2.44 bits per heavy atom. The third-order valence-corrected chi connectivity index (χ3v) is 7.29. The third kappa shape index (κ3) is 5.80. The summed E-state index contributed by atoms with van der Waals surface area (Å²) in [5.41, 5.74) is 7.51. The summed E-state index contributed by atoms with van der Waals surface area (Å²) in [7, 11) is -3.64. The number of hydrogen-bond acceptors (Lipinski definition) is 8. The largest absolute Gasteiger partial charge is 0.340 e. The molecule has 0 saturated carbocycles. The van der Waals surface area contributed by atoms with Crippen molar-refractivity contribution in [3.05, 3.63) is 66.1 Å². The summed E-state index contributed by atoms with van der Waals surface area (Å²) in [5.74, 6) is 0.593. The zero-order valence-corrected chi connectivity index (χ0v) is 20.2. The van der Waals surface area contributed by atoms with E-state index >= 15 is 0 Å². The van der Waals surface area contributed by atoms with Crippen LogP contribution in [0.4, 0.5) is 27.5 Å². The molecule has 4 rings (SSSR count). The molecule has 0 bridgehead atoms. The molecular weight excluding hydrogens is 481 g/mol. The lowest BCUT2D eigenvalue weighted by Crippen LogP contribution is -2.59. The number of aryl methyl sites for hydroxylation is 1. The van der Waals surface area contributed by atoms with E-state index in [1.807, 2.05) is 0 Å². The zero-order chi connectivity index (χ0) is 23.4. The van der Waals surface area contributed by atoms with Crippen molar-refractivity contribution < 1.29 is 12.8 Å². The molecule has 2 aromatic carbocycles. The molecule has 0 aliphatic carbocycles. The smallest absolute Gasteiger partial charge is 0.243 e. The predicted octanol–water partition coefficient (Wildman–Crippen LogP) is 2.75. The highest BCUT2D eigenvalue weighted by Gasteiger charge is 2.34. The van der Waals surface area contributed by atoms with E-state index in [1.54, 1.807) is 55.6 Å². The van der Waals surface area contributed by atoms with E-state index in [0.717, 1.165) is 0 Å². The fourth-order valence-corrected chi connectivity index (χ4v) is 5.08. The van der Waals surface area contributed by atoms with Gasteiger partial charge in [0.15, 0.2) is 0 Å². The van der Waals surface area contributed by atoms with E-state index in [1.165, 1.54) is 10.4 Å². The number of nitrogens with two attached hydrogens (primary N) is 1. The Morgan fingerprint density at radius 1 is 1.12 bits per heavy atom. The molecule has 0 atom stereocenters. The van der Waals surface area contributed by atoms with E-state index in [9.17, 15) is 12.8 Å². The Bertz CT molecular complexity index is 1220. The Kier molecular flexibility index (Phi) is 8.39. The van der Waals surface area contributed by atoms with Crippen molar-refractivity contribution in [3.63, 3.8) is 0 Å². The summed E-state index contributed by atoms with van der Waals surface area (Å²) in [6, 6.07) is 12.8. The van der Waals surface area contributed by atoms with Crippen LogP contribution in [0.3, 0.4) is 0 Å². The summed E-state index contributed by atoms with van der Waals surface area (Å²) in [6.07, 6.45) is 1.59. The van der Waals surface area contributed by atoms with Crippen LogP contribution in [0, 0.1) is 12.7 Å². The number of sulfonamides is 1. The van der Waals surface area contributed by atoms with Gasteiger partial charge in [-0.05, 0) is 61.0 Å². The fraction of sp³-hybridized carbons (Fsp3) is 0.273. The van der Waals surface area contributed by atoms with E-state index in [0.29, 0.717) is 41.8 Å². The fourth-order valence-electron chi connectivity index (χ4n) is 3.44. The van der Waals surface area contributed by atoms with Crippen LogP contribution in [-0.2, 0) is 10.0 Å². The molecule has 1 aliphatic rings. The van der Waals surface area contributed by atoms with Crippen LogP contribution in [0.25, 0.3) is 0 Å². The normalized spacial score (nSPS) is 13.8. The standard InChI is InChI=1S/C22H26FN7O2S.ClH/c1-15-12-17(4-7-20(15)23)27-21-8-10-26-22(29-21)28-16-2-5-19(6-3-16)33(31,32)30(11-9-24)18-13-25-14-18;/h2-8,10,12,18,25H,9,11,13-14,24H2,1H3,(H2,26,27,28,29);1H. The monoisotopic (exact) mass is 507 g/mol. The molecular formula is C22H27ClFN7O2S. The molecule has 1 aromatic heterocycles. The Labute approximate surface area is 204 Å². The average molecular weight is 508 g/mol. The maximum absolute atomic E-state index is 13.5. The van der Waals surface area contributed by atoms with Gasteiger partial charge < -0.3 is 21.7 Å². The second kappa shape index (κ2) is 11.1. The number of rotatable bonds is 9. The van der Waals surface area contributed by atoms with Crippen LogP contribution in [0.2, 0.25) is 0 Å². The molecule has 1 saturated heterocycles. The molecule has 0 amide bonds. The lowest BCUT2D eigenvalue weighted by molar-refractivity contribution is 0.246. The van der Waals surface area contributed by atoms with E-state index in [2.05, 4.69) is 25.9 Å². The highest BCUT2D eigenvalue weighted by molar-refractivity contribution is 7.89. The van der Waals surface area contributed by atoms with Crippen molar-refractivity contribution in [1.82, 2.24) is 19.6 Å². The zero-order valence-electron chi connectivity index (χ0n) is 18.5. The molecule has 12 heteroatoms. The first-order chi connectivity index (χ1) is 15.9. The molecule has 1 fully saturated rings. The molecule has 0 radical (unpaired) electrons. The van der Waals surface area contributed by atoms with Crippen molar-refractivity contribution in [2.24, 2.45) is 5.73 Å². The first-order valence-electron chi connectivity index (χ1n) is 10.5. The topological polar surface area (TPSA) is 125 Å². The lowest BCUT2D eigenvalue weighted by Gasteiger charge is -2.37. The number of nitrogens with one attached hydrogen (secondary N) is 3. The minimum atomic E-state index is -3.64. The summed E-state index contributed by atoms with van der Waals surface area (Å²) < 4.78 is 41.0. The predicted molar refractivity (Wildman–Crippen MR) is 133 cm³/mol. The van der Waals surface area contributed by atoms with Crippen molar-refractivity contribution in [1.29, 1.82) is 0 Å². The molecule has 34 heavy (non-hydrogen) atoms. The highest BCUT2D eigenvalue weighted by atomic mass is 35.5. The van der Waals surface area contributed by atoms with Crippen LogP contribution in [-0.4, -0.2) is 54.9 Å². The van der Waals surface area contributed by atoms with Crippen LogP contribution < -0.4 is 21.7 Å². The summed E-state index contributed by atoms with van der Waals surface area (Å²) in [5, 5.41) is 9.28. The van der Waals surface area contributed by atoms with Gasteiger partial charge in [0.05, 0.1) is 10.9 Å².